The fraction of sp³-hybridized carbons (Fsp3) is 0.273. The van der Waals surface area contributed by atoms with Gasteiger partial charge in [-0.1, -0.05) is 41.4 Å². The number of hydrogen-bond acceptors (Lipinski definition) is 1. The Morgan fingerprint density at radius 2 is 2.07 bits per heavy atom. The van der Waals surface area contributed by atoms with Crippen LogP contribution in [0.2, 0.25) is 10.0 Å². The lowest BCUT2D eigenvalue weighted by Gasteiger charge is -2.13. The molecule has 0 aromatic heterocycles. The maximum absolute atomic E-state index is 6.03. The fourth-order valence-corrected chi connectivity index (χ4v) is 1.71. The number of allylic oxidation sites excluding steroid dienone is 1. The van der Waals surface area contributed by atoms with E-state index >= 15 is 0 Å². The lowest BCUT2D eigenvalue weighted by atomic mass is 10.0. The average Bonchev–Trinajstić information content (AvgIpc) is 2.18. The first-order chi connectivity index (χ1) is 6.66. The van der Waals surface area contributed by atoms with Gasteiger partial charge in [-0.15, -0.1) is 19.0 Å². The van der Waals surface area contributed by atoms with E-state index in [1.807, 2.05) is 18.2 Å². The molecule has 0 heterocycles. The Bertz CT molecular complexity index is 326. The van der Waals surface area contributed by atoms with Gasteiger partial charge in [-0.25, -0.2) is 0 Å². The van der Waals surface area contributed by atoms with E-state index in [-0.39, 0.29) is 18.4 Å². The minimum atomic E-state index is -0.0702. The molecule has 84 valence electrons. The summed E-state index contributed by atoms with van der Waals surface area (Å²) in [6.45, 7) is 3.65. The molecule has 1 rings (SSSR count). The van der Waals surface area contributed by atoms with Crippen molar-refractivity contribution in [2.75, 3.05) is 0 Å². The van der Waals surface area contributed by atoms with E-state index in [9.17, 15) is 0 Å². The van der Waals surface area contributed by atoms with Crippen LogP contribution in [0.1, 0.15) is 24.4 Å². The topological polar surface area (TPSA) is 26.0 Å². The van der Waals surface area contributed by atoms with Crippen molar-refractivity contribution in [1.29, 1.82) is 0 Å². The molecule has 0 spiro atoms. The molecule has 2 N–H and O–H groups in total. The Kier molecular flexibility index (Phi) is 7.03. The van der Waals surface area contributed by atoms with Crippen molar-refractivity contribution in [1.82, 2.24) is 0 Å². The van der Waals surface area contributed by atoms with Crippen molar-refractivity contribution >= 4 is 35.6 Å². The molecule has 1 nitrogen and oxygen atoms in total. The van der Waals surface area contributed by atoms with Crippen LogP contribution in [0.15, 0.2) is 30.9 Å². The molecule has 15 heavy (non-hydrogen) atoms. The van der Waals surface area contributed by atoms with Gasteiger partial charge in [0.25, 0.3) is 0 Å². The predicted octanol–water partition coefficient (Wildman–Crippen LogP) is 4.38. The van der Waals surface area contributed by atoms with E-state index < -0.39 is 0 Å². The van der Waals surface area contributed by atoms with Crippen LogP contribution in [0.3, 0.4) is 0 Å². The van der Waals surface area contributed by atoms with Crippen molar-refractivity contribution in [3.8, 4) is 0 Å². The molecule has 0 aliphatic carbocycles. The molecular formula is C11H14Cl3N. The van der Waals surface area contributed by atoms with Crippen LogP contribution in [-0.2, 0) is 0 Å². The number of hydrogen-bond donors (Lipinski definition) is 1. The minimum Gasteiger partial charge on any atom is -0.324 e. The van der Waals surface area contributed by atoms with Crippen molar-refractivity contribution < 1.29 is 0 Å². The Morgan fingerprint density at radius 1 is 1.40 bits per heavy atom. The van der Waals surface area contributed by atoms with E-state index in [2.05, 4.69) is 6.58 Å². The quantitative estimate of drug-likeness (QED) is 0.804. The minimum absolute atomic E-state index is 0. The summed E-state index contributed by atoms with van der Waals surface area (Å²) in [5, 5.41) is 1.11. The first-order valence-electron chi connectivity index (χ1n) is 4.47. The average molecular weight is 267 g/mol. The molecule has 0 amide bonds. The molecule has 4 heteroatoms. The van der Waals surface area contributed by atoms with Crippen molar-refractivity contribution in [2.24, 2.45) is 5.73 Å². The molecule has 0 unspecified atom stereocenters. The highest BCUT2D eigenvalue weighted by molar-refractivity contribution is 6.42. The van der Waals surface area contributed by atoms with E-state index in [1.54, 1.807) is 6.07 Å². The largest absolute Gasteiger partial charge is 0.324 e. The van der Waals surface area contributed by atoms with Gasteiger partial charge < -0.3 is 5.73 Å². The molecule has 1 aromatic carbocycles. The summed E-state index contributed by atoms with van der Waals surface area (Å²) in [5.41, 5.74) is 6.86. The van der Waals surface area contributed by atoms with Crippen molar-refractivity contribution in [3.63, 3.8) is 0 Å². The van der Waals surface area contributed by atoms with Gasteiger partial charge in [-0.3, -0.25) is 0 Å². The Hall–Kier alpha value is -0.210. The molecule has 0 saturated carbocycles. The van der Waals surface area contributed by atoms with Crippen LogP contribution in [0.25, 0.3) is 0 Å². The van der Waals surface area contributed by atoms with Gasteiger partial charge in [0.2, 0.25) is 0 Å². The Labute approximate surface area is 107 Å². The second kappa shape index (κ2) is 7.13. The normalized spacial score (nSPS) is 11.7. The van der Waals surface area contributed by atoms with E-state index in [4.69, 9.17) is 28.9 Å². The van der Waals surface area contributed by atoms with Crippen LogP contribution in [0.5, 0.6) is 0 Å². The van der Waals surface area contributed by atoms with Crippen molar-refractivity contribution in [2.45, 2.75) is 18.9 Å². The number of halogens is 3. The number of rotatable bonds is 4. The van der Waals surface area contributed by atoms with Crippen LogP contribution in [0.4, 0.5) is 0 Å². The Balaban J connectivity index is 0.00000196. The Morgan fingerprint density at radius 3 is 2.67 bits per heavy atom. The summed E-state index contributed by atoms with van der Waals surface area (Å²) in [7, 11) is 0. The third-order valence-corrected chi connectivity index (χ3v) is 2.90. The summed E-state index contributed by atoms with van der Waals surface area (Å²) in [4.78, 5) is 0. The van der Waals surface area contributed by atoms with Crippen LogP contribution >= 0.6 is 35.6 Å². The first-order valence-corrected chi connectivity index (χ1v) is 5.22. The van der Waals surface area contributed by atoms with Gasteiger partial charge in [-0.2, -0.15) is 0 Å². The summed E-state index contributed by atoms with van der Waals surface area (Å²) in [6.07, 6.45) is 3.56. The predicted molar refractivity (Wildman–Crippen MR) is 70.1 cm³/mol. The van der Waals surface area contributed by atoms with E-state index in [1.165, 1.54) is 0 Å². The smallest absolute Gasteiger partial charge is 0.0640 e. The number of benzene rings is 1. The SMILES string of the molecule is C=CCC[C@H](N)c1cccc(Cl)c1Cl.Cl. The van der Waals surface area contributed by atoms with Gasteiger partial charge >= 0.3 is 0 Å². The van der Waals surface area contributed by atoms with Gasteiger partial charge in [0.05, 0.1) is 10.0 Å². The third kappa shape index (κ3) is 4.04. The highest BCUT2D eigenvalue weighted by Crippen LogP contribution is 2.30. The zero-order valence-corrected chi connectivity index (χ0v) is 10.6. The van der Waals surface area contributed by atoms with Gasteiger partial charge in [0, 0.05) is 6.04 Å². The van der Waals surface area contributed by atoms with Gasteiger partial charge in [-0.05, 0) is 24.5 Å². The van der Waals surface area contributed by atoms with Crippen LogP contribution in [-0.4, -0.2) is 0 Å². The molecule has 0 radical (unpaired) electrons. The first kappa shape index (κ1) is 14.8. The molecule has 0 aliphatic heterocycles. The zero-order valence-electron chi connectivity index (χ0n) is 8.25. The zero-order chi connectivity index (χ0) is 10.6. The lowest BCUT2D eigenvalue weighted by Crippen LogP contribution is -2.10. The highest BCUT2D eigenvalue weighted by atomic mass is 35.5. The van der Waals surface area contributed by atoms with Gasteiger partial charge in [0.15, 0.2) is 0 Å². The fourth-order valence-electron chi connectivity index (χ4n) is 1.26. The van der Waals surface area contributed by atoms with E-state index in [0.717, 1.165) is 18.4 Å². The molecule has 1 atom stereocenters. The maximum atomic E-state index is 6.03. The third-order valence-electron chi connectivity index (χ3n) is 2.06. The summed E-state index contributed by atoms with van der Waals surface area (Å²) in [5.74, 6) is 0. The van der Waals surface area contributed by atoms with Crippen molar-refractivity contribution in [3.05, 3.63) is 46.5 Å². The van der Waals surface area contributed by atoms with E-state index in [0.29, 0.717) is 10.0 Å². The molecule has 0 fully saturated rings. The molecule has 0 bridgehead atoms. The standard InChI is InChI=1S/C11H13Cl2N.ClH/c1-2-3-7-10(14)8-5-4-6-9(12)11(8)13;/h2,4-6,10H,1,3,7,14H2;1H/t10-;/m0./s1. The van der Waals surface area contributed by atoms with Crippen LogP contribution < -0.4 is 5.73 Å². The highest BCUT2D eigenvalue weighted by Gasteiger charge is 2.10. The lowest BCUT2D eigenvalue weighted by molar-refractivity contribution is 0.662. The summed E-state index contributed by atoms with van der Waals surface area (Å²) >= 11 is 11.9. The molecule has 0 aliphatic rings. The molecular weight excluding hydrogens is 252 g/mol. The summed E-state index contributed by atoms with van der Waals surface area (Å²) < 4.78 is 0. The van der Waals surface area contributed by atoms with Gasteiger partial charge in [0.1, 0.15) is 0 Å². The monoisotopic (exact) mass is 265 g/mol. The maximum Gasteiger partial charge on any atom is 0.0640 e. The summed E-state index contributed by atoms with van der Waals surface area (Å²) in [6, 6.07) is 5.45. The second-order valence-electron chi connectivity index (χ2n) is 3.12. The second-order valence-corrected chi connectivity index (χ2v) is 3.90. The molecule has 1 aromatic rings. The number of nitrogens with two attached hydrogens (primary N) is 1. The van der Waals surface area contributed by atoms with Crippen LogP contribution in [0, 0.1) is 0 Å². The molecule has 0 saturated heterocycles.